The number of sulfonamides is 1. The predicted octanol–water partition coefficient (Wildman–Crippen LogP) is 1.96. The maximum Gasteiger partial charge on any atom is 0.241 e. The molecule has 8 heteroatoms. The second-order valence-corrected chi connectivity index (χ2v) is 7.49. The fraction of sp³-hybridized carbons (Fsp3) is 0.111. The van der Waals surface area contributed by atoms with E-state index in [1.165, 1.54) is 12.1 Å². The molecule has 134 valence electrons. The molecule has 0 unspecified atom stereocenters. The fourth-order valence-corrected chi connectivity index (χ4v) is 3.84. The van der Waals surface area contributed by atoms with Crippen molar-refractivity contribution >= 4 is 15.9 Å². The number of amidine groups is 1. The van der Waals surface area contributed by atoms with Gasteiger partial charge < -0.3 is 10.7 Å². The van der Waals surface area contributed by atoms with Crippen LogP contribution in [0.15, 0.2) is 71.9 Å². The van der Waals surface area contributed by atoms with E-state index in [2.05, 4.69) is 14.7 Å². The van der Waals surface area contributed by atoms with E-state index in [-0.39, 0.29) is 10.7 Å². The average Bonchev–Trinajstić information content (AvgIpc) is 3.17. The van der Waals surface area contributed by atoms with Gasteiger partial charge in [0.05, 0.1) is 10.9 Å². The number of benzene rings is 2. The highest BCUT2D eigenvalue weighted by molar-refractivity contribution is 7.89. The van der Waals surface area contributed by atoms with E-state index in [9.17, 15) is 8.42 Å². The molecule has 0 radical (unpaired) electrons. The SMILES string of the molecule is N=C(N)c1cccc(C[C@H](NS(=O)(=O)c2ccccc2)c2ncc[nH]2)c1. The molecule has 1 atom stereocenters. The molecule has 5 N–H and O–H groups in total. The second-order valence-electron chi connectivity index (χ2n) is 5.78. The monoisotopic (exact) mass is 369 g/mol. The van der Waals surface area contributed by atoms with Crippen molar-refractivity contribution in [1.29, 1.82) is 5.41 Å². The number of imidazole rings is 1. The van der Waals surface area contributed by atoms with Gasteiger partial charge in [0.15, 0.2) is 0 Å². The van der Waals surface area contributed by atoms with Gasteiger partial charge in [0.25, 0.3) is 0 Å². The third-order valence-corrected chi connectivity index (χ3v) is 5.37. The van der Waals surface area contributed by atoms with E-state index in [0.29, 0.717) is 17.8 Å². The molecule has 0 fully saturated rings. The molecule has 0 aliphatic heterocycles. The lowest BCUT2D eigenvalue weighted by atomic mass is 10.0. The lowest BCUT2D eigenvalue weighted by Crippen LogP contribution is -2.31. The summed E-state index contributed by atoms with van der Waals surface area (Å²) in [6, 6.07) is 14.8. The van der Waals surface area contributed by atoms with Crippen LogP contribution in [-0.4, -0.2) is 24.2 Å². The van der Waals surface area contributed by atoms with E-state index in [4.69, 9.17) is 11.1 Å². The van der Waals surface area contributed by atoms with Crippen LogP contribution in [0.25, 0.3) is 0 Å². The molecule has 0 saturated heterocycles. The van der Waals surface area contributed by atoms with Crippen LogP contribution >= 0.6 is 0 Å². The topological polar surface area (TPSA) is 125 Å². The molecule has 0 saturated carbocycles. The molecule has 0 amide bonds. The summed E-state index contributed by atoms with van der Waals surface area (Å²) in [4.78, 5) is 7.35. The van der Waals surface area contributed by atoms with Crippen molar-refractivity contribution in [3.05, 3.63) is 83.9 Å². The summed E-state index contributed by atoms with van der Waals surface area (Å²) in [5.74, 6) is 0.476. The highest BCUT2D eigenvalue weighted by Gasteiger charge is 2.23. The highest BCUT2D eigenvalue weighted by Crippen LogP contribution is 2.20. The first-order chi connectivity index (χ1) is 12.5. The molecule has 1 aromatic heterocycles. The zero-order valence-corrected chi connectivity index (χ0v) is 14.7. The lowest BCUT2D eigenvalue weighted by molar-refractivity contribution is 0.545. The average molecular weight is 369 g/mol. The van der Waals surface area contributed by atoms with Crippen LogP contribution < -0.4 is 10.5 Å². The number of hydrogen-bond acceptors (Lipinski definition) is 4. The molecular formula is C18H19N5O2S. The number of hydrogen-bond donors (Lipinski definition) is 4. The van der Waals surface area contributed by atoms with Crippen LogP contribution in [0.1, 0.15) is 23.0 Å². The number of aromatic nitrogens is 2. The normalized spacial score (nSPS) is 12.6. The number of nitrogens with two attached hydrogens (primary N) is 1. The summed E-state index contributed by atoms with van der Waals surface area (Å²) >= 11 is 0. The summed E-state index contributed by atoms with van der Waals surface area (Å²) in [5.41, 5.74) is 6.97. The van der Waals surface area contributed by atoms with Crippen molar-refractivity contribution in [3.63, 3.8) is 0 Å². The van der Waals surface area contributed by atoms with Crippen molar-refractivity contribution in [2.45, 2.75) is 17.4 Å². The molecule has 0 aliphatic carbocycles. The summed E-state index contributed by atoms with van der Waals surface area (Å²) in [7, 11) is -3.71. The Bertz CT molecular complexity index is 985. The van der Waals surface area contributed by atoms with Gasteiger partial charge >= 0.3 is 0 Å². The fourth-order valence-electron chi connectivity index (χ4n) is 2.62. The molecule has 0 spiro atoms. The predicted molar refractivity (Wildman–Crippen MR) is 99.3 cm³/mol. The molecule has 3 rings (SSSR count). The lowest BCUT2D eigenvalue weighted by Gasteiger charge is -2.17. The van der Waals surface area contributed by atoms with Crippen LogP contribution in [0.4, 0.5) is 0 Å². The molecule has 3 aromatic rings. The smallest absolute Gasteiger partial charge is 0.241 e. The Hall–Kier alpha value is -2.97. The molecule has 0 bridgehead atoms. The Morgan fingerprint density at radius 2 is 1.96 bits per heavy atom. The number of nitrogens with one attached hydrogen (secondary N) is 3. The minimum absolute atomic E-state index is 0.0359. The Labute approximate surface area is 151 Å². The van der Waals surface area contributed by atoms with Gasteiger partial charge in [-0.2, -0.15) is 0 Å². The molecular weight excluding hydrogens is 350 g/mol. The Morgan fingerprint density at radius 3 is 2.62 bits per heavy atom. The Balaban J connectivity index is 1.90. The van der Waals surface area contributed by atoms with E-state index in [1.807, 2.05) is 6.07 Å². The number of rotatable bonds is 7. The van der Waals surface area contributed by atoms with Crippen molar-refractivity contribution in [3.8, 4) is 0 Å². The van der Waals surface area contributed by atoms with E-state index in [1.54, 1.807) is 48.8 Å². The van der Waals surface area contributed by atoms with Crippen molar-refractivity contribution in [1.82, 2.24) is 14.7 Å². The zero-order valence-electron chi connectivity index (χ0n) is 13.9. The van der Waals surface area contributed by atoms with Gasteiger partial charge in [0.2, 0.25) is 10.0 Å². The first kappa shape index (κ1) is 17.8. The number of nitrogens with zero attached hydrogens (tertiary/aromatic N) is 1. The quantitative estimate of drug-likeness (QED) is 0.375. The van der Waals surface area contributed by atoms with Gasteiger partial charge in [-0.25, -0.2) is 18.1 Å². The maximum absolute atomic E-state index is 12.7. The van der Waals surface area contributed by atoms with Crippen LogP contribution in [-0.2, 0) is 16.4 Å². The Morgan fingerprint density at radius 1 is 1.19 bits per heavy atom. The summed E-state index contributed by atoms with van der Waals surface area (Å²) in [6.07, 6.45) is 3.58. The van der Waals surface area contributed by atoms with Crippen LogP contribution in [0, 0.1) is 5.41 Å². The van der Waals surface area contributed by atoms with E-state index < -0.39 is 16.1 Å². The molecule has 1 heterocycles. The molecule has 26 heavy (non-hydrogen) atoms. The minimum atomic E-state index is -3.71. The summed E-state index contributed by atoms with van der Waals surface area (Å²) in [6.45, 7) is 0. The van der Waals surface area contributed by atoms with Gasteiger partial charge in [0, 0.05) is 18.0 Å². The van der Waals surface area contributed by atoms with Crippen LogP contribution in [0.2, 0.25) is 0 Å². The van der Waals surface area contributed by atoms with Crippen molar-refractivity contribution in [2.24, 2.45) is 5.73 Å². The van der Waals surface area contributed by atoms with E-state index in [0.717, 1.165) is 5.56 Å². The van der Waals surface area contributed by atoms with Gasteiger partial charge in [-0.15, -0.1) is 0 Å². The number of nitrogen functional groups attached to an aromatic ring is 1. The van der Waals surface area contributed by atoms with Gasteiger partial charge in [-0.3, -0.25) is 5.41 Å². The summed E-state index contributed by atoms with van der Waals surface area (Å²) in [5, 5.41) is 7.56. The minimum Gasteiger partial charge on any atom is -0.384 e. The first-order valence-electron chi connectivity index (χ1n) is 7.96. The number of aromatic amines is 1. The highest BCUT2D eigenvalue weighted by atomic mass is 32.2. The Kier molecular flexibility index (Phi) is 5.15. The van der Waals surface area contributed by atoms with Crippen molar-refractivity contribution in [2.75, 3.05) is 0 Å². The third-order valence-electron chi connectivity index (χ3n) is 3.88. The molecule has 2 aromatic carbocycles. The summed E-state index contributed by atoms with van der Waals surface area (Å²) < 4.78 is 28.1. The van der Waals surface area contributed by atoms with E-state index >= 15 is 0 Å². The maximum atomic E-state index is 12.7. The van der Waals surface area contributed by atoms with Crippen molar-refractivity contribution < 1.29 is 8.42 Å². The van der Waals surface area contributed by atoms with Gasteiger partial charge in [0.1, 0.15) is 11.7 Å². The molecule has 7 nitrogen and oxygen atoms in total. The first-order valence-corrected chi connectivity index (χ1v) is 9.44. The van der Waals surface area contributed by atoms with Gasteiger partial charge in [-0.05, 0) is 30.2 Å². The number of H-pyrrole nitrogens is 1. The van der Waals surface area contributed by atoms with Crippen LogP contribution in [0.3, 0.4) is 0 Å². The van der Waals surface area contributed by atoms with Crippen LogP contribution in [0.5, 0.6) is 0 Å². The standard InChI is InChI=1S/C18H19N5O2S/c19-17(20)14-6-4-5-13(11-14)12-16(18-21-9-10-22-18)23-26(24,25)15-7-2-1-3-8-15/h1-11,16,23H,12H2,(H3,19,20)(H,21,22)/t16-/m0/s1. The largest absolute Gasteiger partial charge is 0.384 e. The second kappa shape index (κ2) is 7.51. The van der Waals surface area contributed by atoms with Gasteiger partial charge in [-0.1, -0.05) is 36.4 Å². The molecule has 0 aliphatic rings. The third kappa shape index (κ3) is 4.16. The zero-order chi connectivity index (χ0) is 18.6.